The van der Waals surface area contributed by atoms with E-state index in [2.05, 4.69) is 11.1 Å². The third kappa shape index (κ3) is 2.71. The van der Waals surface area contributed by atoms with Crippen molar-refractivity contribution in [2.24, 2.45) is 0 Å². The zero-order chi connectivity index (χ0) is 16.4. The van der Waals surface area contributed by atoms with Gasteiger partial charge in [-0.3, -0.25) is 9.97 Å². The predicted octanol–water partition coefficient (Wildman–Crippen LogP) is 4.94. The molecule has 1 saturated carbocycles. The third-order valence-electron chi connectivity index (χ3n) is 5.53. The molecular formula is C21H23N3. The van der Waals surface area contributed by atoms with Crippen LogP contribution in [-0.4, -0.2) is 9.97 Å². The van der Waals surface area contributed by atoms with Crippen LogP contribution < -0.4 is 0 Å². The van der Waals surface area contributed by atoms with Gasteiger partial charge in [0.15, 0.2) is 0 Å². The van der Waals surface area contributed by atoms with E-state index in [1.54, 1.807) is 0 Å². The first-order valence-corrected chi connectivity index (χ1v) is 9.25. The highest BCUT2D eigenvalue weighted by Crippen LogP contribution is 2.40. The summed E-state index contributed by atoms with van der Waals surface area (Å²) >= 11 is 0. The minimum atomic E-state index is 0.454. The normalized spacial score (nSPS) is 18.0. The van der Waals surface area contributed by atoms with E-state index in [0.717, 1.165) is 35.4 Å². The van der Waals surface area contributed by atoms with Gasteiger partial charge in [0.25, 0.3) is 0 Å². The number of rotatable bonds is 2. The van der Waals surface area contributed by atoms with E-state index >= 15 is 0 Å². The Bertz CT molecular complexity index is 768. The Kier molecular flexibility index (Phi) is 4.30. The van der Waals surface area contributed by atoms with Gasteiger partial charge in [-0.15, -0.1) is 0 Å². The summed E-state index contributed by atoms with van der Waals surface area (Å²) in [5.41, 5.74) is 6.37. The van der Waals surface area contributed by atoms with E-state index in [0.29, 0.717) is 5.92 Å². The lowest BCUT2D eigenvalue weighted by Crippen LogP contribution is -2.10. The standard InChI is InChI=1S/C21H23N3/c22-14-17-20(19-12-6-7-13-23-19)16-10-2-1-3-11-18(16)24-21(17)15-8-4-5-9-15/h6-7,12-13,15H,1-5,8-11H2. The van der Waals surface area contributed by atoms with Crippen molar-refractivity contribution in [3.63, 3.8) is 0 Å². The van der Waals surface area contributed by atoms with Gasteiger partial charge < -0.3 is 0 Å². The van der Waals surface area contributed by atoms with Gasteiger partial charge in [-0.2, -0.15) is 5.26 Å². The second-order valence-corrected chi connectivity index (χ2v) is 7.04. The van der Waals surface area contributed by atoms with Crippen molar-refractivity contribution in [1.29, 1.82) is 5.26 Å². The maximum absolute atomic E-state index is 9.98. The highest BCUT2D eigenvalue weighted by molar-refractivity contribution is 5.73. The van der Waals surface area contributed by atoms with Gasteiger partial charge in [-0.25, -0.2) is 0 Å². The highest BCUT2D eigenvalue weighted by atomic mass is 14.8. The molecule has 2 aliphatic rings. The van der Waals surface area contributed by atoms with Gasteiger partial charge in [0, 0.05) is 23.4 Å². The van der Waals surface area contributed by atoms with Crippen LogP contribution in [-0.2, 0) is 12.8 Å². The lowest BCUT2D eigenvalue weighted by molar-refractivity contribution is 0.681. The summed E-state index contributed by atoms with van der Waals surface area (Å²) in [6.45, 7) is 0. The van der Waals surface area contributed by atoms with Crippen LogP contribution in [0.5, 0.6) is 0 Å². The largest absolute Gasteiger partial charge is 0.256 e. The first-order chi connectivity index (χ1) is 11.9. The molecular weight excluding hydrogens is 294 g/mol. The molecule has 3 nitrogen and oxygen atoms in total. The van der Waals surface area contributed by atoms with E-state index < -0.39 is 0 Å². The van der Waals surface area contributed by atoms with Crippen LogP contribution in [0.3, 0.4) is 0 Å². The van der Waals surface area contributed by atoms with E-state index in [-0.39, 0.29) is 0 Å². The summed E-state index contributed by atoms with van der Waals surface area (Å²) in [5.74, 6) is 0.454. The van der Waals surface area contributed by atoms with Crippen LogP contribution in [0.25, 0.3) is 11.3 Å². The Morgan fingerprint density at radius 3 is 2.58 bits per heavy atom. The van der Waals surface area contributed by atoms with Gasteiger partial charge in [-0.05, 0) is 56.2 Å². The van der Waals surface area contributed by atoms with Crippen LogP contribution in [0.1, 0.15) is 73.4 Å². The van der Waals surface area contributed by atoms with E-state index in [9.17, 15) is 5.26 Å². The van der Waals surface area contributed by atoms with Gasteiger partial charge >= 0.3 is 0 Å². The molecule has 0 bridgehead atoms. The quantitative estimate of drug-likeness (QED) is 0.737. The first kappa shape index (κ1) is 15.3. The van der Waals surface area contributed by atoms with Crippen molar-refractivity contribution < 1.29 is 0 Å². The number of nitriles is 1. The minimum Gasteiger partial charge on any atom is -0.256 e. The summed E-state index contributed by atoms with van der Waals surface area (Å²) in [6.07, 6.45) is 12.4. The first-order valence-electron chi connectivity index (χ1n) is 9.25. The lowest BCUT2D eigenvalue weighted by atomic mass is 9.89. The Labute approximate surface area is 143 Å². The molecule has 2 aromatic rings. The number of fused-ring (bicyclic) bond motifs is 1. The average molecular weight is 317 g/mol. The fourth-order valence-corrected chi connectivity index (χ4v) is 4.34. The minimum absolute atomic E-state index is 0.454. The van der Waals surface area contributed by atoms with Crippen molar-refractivity contribution >= 4 is 0 Å². The van der Waals surface area contributed by atoms with E-state index in [1.807, 2.05) is 24.4 Å². The smallest absolute Gasteiger partial charge is 0.102 e. The molecule has 2 aromatic heterocycles. The summed E-state index contributed by atoms with van der Waals surface area (Å²) in [6, 6.07) is 8.50. The number of hydrogen-bond acceptors (Lipinski definition) is 3. The van der Waals surface area contributed by atoms with Crippen LogP contribution in [0, 0.1) is 11.3 Å². The van der Waals surface area contributed by atoms with Crippen molar-refractivity contribution in [1.82, 2.24) is 9.97 Å². The van der Waals surface area contributed by atoms with Crippen molar-refractivity contribution in [2.45, 2.75) is 63.7 Å². The second kappa shape index (κ2) is 6.73. The predicted molar refractivity (Wildman–Crippen MR) is 94.7 cm³/mol. The molecule has 0 unspecified atom stereocenters. The summed E-state index contributed by atoms with van der Waals surface area (Å²) in [7, 11) is 0. The topological polar surface area (TPSA) is 49.6 Å². The lowest BCUT2D eigenvalue weighted by Gasteiger charge is -2.19. The van der Waals surface area contributed by atoms with Crippen LogP contribution in [0.4, 0.5) is 0 Å². The van der Waals surface area contributed by atoms with Gasteiger partial charge in [-0.1, -0.05) is 25.3 Å². The van der Waals surface area contributed by atoms with Gasteiger partial charge in [0.1, 0.15) is 6.07 Å². The van der Waals surface area contributed by atoms with Crippen molar-refractivity contribution in [3.05, 3.63) is 46.9 Å². The number of nitrogens with zero attached hydrogens (tertiary/aromatic N) is 3. The molecule has 24 heavy (non-hydrogen) atoms. The van der Waals surface area contributed by atoms with E-state index in [4.69, 9.17) is 4.98 Å². The number of hydrogen-bond donors (Lipinski definition) is 0. The molecule has 0 aliphatic heterocycles. The molecule has 3 heteroatoms. The van der Waals surface area contributed by atoms with E-state index in [1.165, 1.54) is 56.2 Å². The van der Waals surface area contributed by atoms with Crippen LogP contribution in [0.2, 0.25) is 0 Å². The van der Waals surface area contributed by atoms with Crippen LogP contribution in [0.15, 0.2) is 24.4 Å². The molecule has 0 spiro atoms. The fourth-order valence-electron chi connectivity index (χ4n) is 4.34. The molecule has 0 radical (unpaired) electrons. The summed E-state index contributed by atoms with van der Waals surface area (Å²) in [4.78, 5) is 9.65. The second-order valence-electron chi connectivity index (χ2n) is 7.04. The van der Waals surface area contributed by atoms with Crippen LogP contribution >= 0.6 is 0 Å². The molecule has 0 aromatic carbocycles. The average Bonchev–Trinajstić information content (AvgIpc) is 3.06. The third-order valence-corrected chi connectivity index (χ3v) is 5.53. The maximum atomic E-state index is 9.98. The molecule has 2 aliphatic carbocycles. The van der Waals surface area contributed by atoms with Gasteiger partial charge in [0.2, 0.25) is 0 Å². The molecule has 0 saturated heterocycles. The molecule has 0 amide bonds. The Morgan fingerprint density at radius 1 is 1.00 bits per heavy atom. The van der Waals surface area contributed by atoms with Crippen molar-refractivity contribution in [2.75, 3.05) is 0 Å². The number of aromatic nitrogens is 2. The molecule has 0 N–H and O–H groups in total. The number of pyridine rings is 2. The molecule has 122 valence electrons. The number of aryl methyl sites for hydroxylation is 1. The van der Waals surface area contributed by atoms with Gasteiger partial charge in [0.05, 0.1) is 17.0 Å². The monoisotopic (exact) mass is 317 g/mol. The van der Waals surface area contributed by atoms with Crippen molar-refractivity contribution in [3.8, 4) is 17.3 Å². The molecule has 1 fully saturated rings. The SMILES string of the molecule is N#Cc1c(C2CCCC2)nc2c(c1-c1ccccn1)CCCCC2. The molecule has 2 heterocycles. The highest BCUT2D eigenvalue weighted by Gasteiger charge is 2.28. The fraction of sp³-hybridized carbons (Fsp3) is 0.476. The maximum Gasteiger partial charge on any atom is 0.102 e. The zero-order valence-corrected chi connectivity index (χ0v) is 14.1. The zero-order valence-electron chi connectivity index (χ0n) is 14.1. The summed E-state index contributed by atoms with van der Waals surface area (Å²) in [5, 5.41) is 9.98. The Balaban J connectivity index is 1.97. The molecule has 4 rings (SSSR count). The Hall–Kier alpha value is -2.21. The Morgan fingerprint density at radius 2 is 1.83 bits per heavy atom. The molecule has 0 atom stereocenters. The summed E-state index contributed by atoms with van der Waals surface area (Å²) < 4.78 is 0.